The lowest BCUT2D eigenvalue weighted by molar-refractivity contribution is -0.135. The molecular weight excluding hydrogens is 474 g/mol. The highest BCUT2D eigenvalue weighted by Gasteiger charge is 2.30. The second kappa shape index (κ2) is 10.5. The van der Waals surface area contributed by atoms with Gasteiger partial charge in [-0.1, -0.05) is 18.2 Å². The number of furan rings is 1. The monoisotopic (exact) mass is 497 g/mol. The van der Waals surface area contributed by atoms with E-state index < -0.39 is 34.4 Å². The maximum Gasteiger partial charge on any atom is 0.338 e. The second-order valence-electron chi connectivity index (χ2n) is 7.68. The summed E-state index contributed by atoms with van der Waals surface area (Å²) in [6.07, 6.45) is 1.39. The second-order valence-corrected chi connectivity index (χ2v) is 9.62. The van der Waals surface area contributed by atoms with Crippen LogP contribution < -0.4 is 5.32 Å². The smallest absolute Gasteiger partial charge is 0.338 e. The SMILES string of the molecule is O=C(OCC(=O)N1CCN(S(=O)(=O)c2ccccc2)CC1)c1ccc(NC(=O)c2ccco2)cc1. The van der Waals surface area contributed by atoms with Crippen LogP contribution in [0, 0.1) is 0 Å². The van der Waals surface area contributed by atoms with Crippen molar-refractivity contribution < 1.29 is 32.0 Å². The number of hydrogen-bond donors (Lipinski definition) is 1. The number of anilines is 1. The Morgan fingerprint density at radius 2 is 1.57 bits per heavy atom. The van der Waals surface area contributed by atoms with Crippen molar-refractivity contribution >= 4 is 33.5 Å². The van der Waals surface area contributed by atoms with E-state index in [1.165, 1.54) is 57.9 Å². The summed E-state index contributed by atoms with van der Waals surface area (Å²) in [6.45, 7) is 0.254. The molecule has 35 heavy (non-hydrogen) atoms. The van der Waals surface area contributed by atoms with Crippen molar-refractivity contribution in [2.75, 3.05) is 38.1 Å². The van der Waals surface area contributed by atoms with Crippen LogP contribution in [0.1, 0.15) is 20.9 Å². The summed E-state index contributed by atoms with van der Waals surface area (Å²) in [5.74, 6) is -1.36. The van der Waals surface area contributed by atoms with Crippen molar-refractivity contribution in [2.45, 2.75) is 4.90 Å². The minimum absolute atomic E-state index is 0.155. The summed E-state index contributed by atoms with van der Waals surface area (Å²) in [5, 5.41) is 2.64. The van der Waals surface area contributed by atoms with Gasteiger partial charge >= 0.3 is 5.97 Å². The van der Waals surface area contributed by atoms with Gasteiger partial charge in [-0.3, -0.25) is 9.59 Å². The minimum atomic E-state index is -3.62. The van der Waals surface area contributed by atoms with E-state index in [1.807, 2.05) is 0 Å². The molecule has 0 atom stereocenters. The van der Waals surface area contributed by atoms with E-state index in [4.69, 9.17) is 9.15 Å². The first-order valence-corrected chi connectivity index (χ1v) is 12.2. The molecule has 1 fully saturated rings. The molecule has 2 amide bonds. The molecule has 1 aliphatic heterocycles. The van der Waals surface area contributed by atoms with E-state index in [0.717, 1.165) is 0 Å². The number of nitrogens with zero attached hydrogens (tertiary/aromatic N) is 2. The molecule has 2 aromatic carbocycles. The van der Waals surface area contributed by atoms with Crippen molar-refractivity contribution in [3.8, 4) is 0 Å². The third kappa shape index (κ3) is 5.76. The molecule has 182 valence electrons. The number of benzene rings is 2. The van der Waals surface area contributed by atoms with Crippen LogP contribution in [0.4, 0.5) is 5.69 Å². The molecule has 0 unspecified atom stereocenters. The van der Waals surface area contributed by atoms with Gasteiger partial charge in [-0.25, -0.2) is 13.2 Å². The van der Waals surface area contributed by atoms with Crippen molar-refractivity contribution in [1.82, 2.24) is 9.21 Å². The van der Waals surface area contributed by atoms with Crippen LogP contribution in [0.5, 0.6) is 0 Å². The Morgan fingerprint density at radius 3 is 2.20 bits per heavy atom. The van der Waals surface area contributed by atoms with Gasteiger partial charge in [0.25, 0.3) is 11.8 Å². The fourth-order valence-corrected chi connectivity index (χ4v) is 4.95. The van der Waals surface area contributed by atoms with E-state index in [9.17, 15) is 22.8 Å². The largest absolute Gasteiger partial charge is 0.459 e. The van der Waals surface area contributed by atoms with Crippen LogP contribution >= 0.6 is 0 Å². The molecule has 0 bridgehead atoms. The van der Waals surface area contributed by atoms with E-state index in [-0.39, 0.29) is 42.4 Å². The van der Waals surface area contributed by atoms with Gasteiger partial charge in [0.15, 0.2) is 12.4 Å². The Hall–Kier alpha value is -3.96. The molecule has 3 aromatic rings. The first-order chi connectivity index (χ1) is 16.8. The van der Waals surface area contributed by atoms with Crippen LogP contribution in [0.15, 0.2) is 82.3 Å². The highest BCUT2D eigenvalue weighted by molar-refractivity contribution is 7.89. The number of nitrogens with one attached hydrogen (secondary N) is 1. The summed E-state index contributed by atoms with van der Waals surface area (Å²) in [6, 6.07) is 17.3. The number of rotatable bonds is 7. The molecule has 11 heteroatoms. The summed E-state index contributed by atoms with van der Waals surface area (Å²) in [4.78, 5) is 38.5. The first-order valence-electron chi connectivity index (χ1n) is 10.8. The molecule has 0 aliphatic carbocycles. The number of esters is 1. The summed E-state index contributed by atoms with van der Waals surface area (Å²) >= 11 is 0. The number of amides is 2. The molecule has 1 saturated heterocycles. The molecule has 0 radical (unpaired) electrons. The average Bonchev–Trinajstić information content (AvgIpc) is 3.43. The molecule has 1 aliphatic rings. The van der Waals surface area contributed by atoms with E-state index in [0.29, 0.717) is 5.69 Å². The van der Waals surface area contributed by atoms with Crippen molar-refractivity contribution in [3.63, 3.8) is 0 Å². The van der Waals surface area contributed by atoms with Crippen LogP contribution in [0.3, 0.4) is 0 Å². The predicted molar refractivity (Wildman–Crippen MR) is 125 cm³/mol. The highest BCUT2D eigenvalue weighted by atomic mass is 32.2. The molecule has 0 spiro atoms. The zero-order valence-electron chi connectivity index (χ0n) is 18.6. The van der Waals surface area contributed by atoms with Gasteiger partial charge in [0.1, 0.15) is 0 Å². The summed E-state index contributed by atoms with van der Waals surface area (Å²) in [5.41, 5.74) is 0.676. The number of carbonyl (C=O) groups excluding carboxylic acids is 3. The van der Waals surface area contributed by atoms with Gasteiger partial charge in [-0.2, -0.15) is 4.31 Å². The first kappa shape index (κ1) is 24.2. The summed E-state index contributed by atoms with van der Waals surface area (Å²) < 4.78 is 36.9. The van der Waals surface area contributed by atoms with Gasteiger partial charge in [0, 0.05) is 31.9 Å². The molecule has 2 heterocycles. The third-order valence-corrected chi connectivity index (χ3v) is 7.34. The van der Waals surface area contributed by atoms with Gasteiger partial charge < -0.3 is 19.4 Å². The lowest BCUT2D eigenvalue weighted by Gasteiger charge is -2.33. The maximum atomic E-state index is 12.7. The van der Waals surface area contributed by atoms with Crippen LogP contribution in [-0.2, 0) is 19.6 Å². The predicted octanol–water partition coefficient (Wildman–Crippen LogP) is 2.22. The Balaban J connectivity index is 1.24. The number of sulfonamides is 1. The Kier molecular flexibility index (Phi) is 7.28. The number of hydrogen-bond acceptors (Lipinski definition) is 7. The van der Waals surface area contributed by atoms with Gasteiger partial charge in [0.2, 0.25) is 10.0 Å². The van der Waals surface area contributed by atoms with Crippen LogP contribution in [-0.4, -0.2) is 68.2 Å². The highest BCUT2D eigenvalue weighted by Crippen LogP contribution is 2.17. The van der Waals surface area contributed by atoms with Crippen LogP contribution in [0.25, 0.3) is 0 Å². The topological polar surface area (TPSA) is 126 Å². The molecule has 0 saturated carbocycles. The van der Waals surface area contributed by atoms with Gasteiger partial charge in [-0.15, -0.1) is 0 Å². The van der Waals surface area contributed by atoms with Crippen molar-refractivity contribution in [2.24, 2.45) is 0 Å². The fraction of sp³-hybridized carbons (Fsp3) is 0.208. The maximum absolute atomic E-state index is 12.7. The van der Waals surface area contributed by atoms with Crippen LogP contribution in [0.2, 0.25) is 0 Å². The molecule has 1 aromatic heterocycles. The number of piperazine rings is 1. The van der Waals surface area contributed by atoms with E-state index >= 15 is 0 Å². The molecule has 10 nitrogen and oxygen atoms in total. The van der Waals surface area contributed by atoms with Gasteiger partial charge in [-0.05, 0) is 48.5 Å². The number of ether oxygens (including phenoxy) is 1. The quantitative estimate of drug-likeness (QED) is 0.496. The lowest BCUT2D eigenvalue weighted by atomic mass is 10.2. The minimum Gasteiger partial charge on any atom is -0.459 e. The standard InChI is InChI=1S/C24H23N3O7S/c28-22(26-12-14-27(15-13-26)35(31,32)20-5-2-1-3-6-20)17-34-24(30)18-8-10-19(11-9-18)25-23(29)21-7-4-16-33-21/h1-11,16H,12-15,17H2,(H,25,29). The van der Waals surface area contributed by atoms with Crippen molar-refractivity contribution in [3.05, 3.63) is 84.3 Å². The van der Waals surface area contributed by atoms with E-state index in [1.54, 1.807) is 24.3 Å². The summed E-state index contributed by atoms with van der Waals surface area (Å²) in [7, 11) is -3.62. The third-order valence-electron chi connectivity index (χ3n) is 5.42. The Morgan fingerprint density at radius 1 is 0.886 bits per heavy atom. The lowest BCUT2D eigenvalue weighted by Crippen LogP contribution is -2.51. The molecular formula is C24H23N3O7S. The van der Waals surface area contributed by atoms with Crippen molar-refractivity contribution in [1.29, 1.82) is 0 Å². The molecule has 4 rings (SSSR count). The zero-order valence-corrected chi connectivity index (χ0v) is 19.4. The number of carbonyl (C=O) groups is 3. The average molecular weight is 498 g/mol. The van der Waals surface area contributed by atoms with E-state index in [2.05, 4.69) is 5.32 Å². The Labute approximate surface area is 202 Å². The zero-order chi connectivity index (χ0) is 24.8. The Bertz CT molecular complexity index is 1280. The normalized spacial score (nSPS) is 14.3. The molecule has 1 N–H and O–H groups in total. The fourth-order valence-electron chi connectivity index (χ4n) is 3.51. The van der Waals surface area contributed by atoms with Gasteiger partial charge in [0.05, 0.1) is 16.7 Å².